The van der Waals surface area contributed by atoms with Crippen LogP contribution < -0.4 is 14.8 Å². The fourth-order valence-corrected chi connectivity index (χ4v) is 4.92. The summed E-state index contributed by atoms with van der Waals surface area (Å²) >= 11 is 1.28. The summed E-state index contributed by atoms with van der Waals surface area (Å²) in [7, 11) is 0. The van der Waals surface area contributed by atoms with E-state index < -0.39 is 6.04 Å². The summed E-state index contributed by atoms with van der Waals surface area (Å²) in [4.78, 5) is 37.6. The van der Waals surface area contributed by atoms with Crippen LogP contribution in [0.4, 0.5) is 5.69 Å². The number of hydrogen-bond donors (Lipinski definition) is 1. The number of hydrogen-bond acceptors (Lipinski definition) is 7. The topological polar surface area (TPSA) is 93.7 Å². The van der Waals surface area contributed by atoms with Crippen LogP contribution in [0, 0.1) is 19.8 Å². The van der Waals surface area contributed by atoms with E-state index in [-0.39, 0.29) is 30.3 Å². The maximum Gasteiger partial charge on any atom is 0.247 e. The molecule has 2 aromatic carbocycles. The molecule has 0 fully saturated rings. The number of carbonyl (C=O) groups is 2. The number of fused-ring (bicyclic) bond motifs is 1. The molecule has 1 N–H and O–H groups in total. The first-order valence-electron chi connectivity index (χ1n) is 11.8. The van der Waals surface area contributed by atoms with Crippen LogP contribution in [-0.4, -0.2) is 45.3 Å². The lowest BCUT2D eigenvalue weighted by Crippen LogP contribution is -2.50. The van der Waals surface area contributed by atoms with Gasteiger partial charge in [0.1, 0.15) is 6.04 Å². The molecule has 0 aliphatic carbocycles. The van der Waals surface area contributed by atoms with Crippen LogP contribution in [0.1, 0.15) is 30.8 Å². The van der Waals surface area contributed by atoms with Gasteiger partial charge in [0.25, 0.3) is 0 Å². The second kappa shape index (κ2) is 11.4. The minimum atomic E-state index is -0.691. The predicted molar refractivity (Wildman–Crippen MR) is 139 cm³/mol. The molecule has 1 unspecified atom stereocenters. The first kappa shape index (κ1) is 25.5. The molecule has 0 spiro atoms. The van der Waals surface area contributed by atoms with Gasteiger partial charge >= 0.3 is 0 Å². The van der Waals surface area contributed by atoms with Crippen LogP contribution >= 0.6 is 11.8 Å². The Kier molecular flexibility index (Phi) is 8.10. The Hall–Kier alpha value is -3.59. The maximum atomic E-state index is 13.6. The second-order valence-electron chi connectivity index (χ2n) is 8.98. The van der Waals surface area contributed by atoms with Gasteiger partial charge in [-0.05, 0) is 43.5 Å². The SMILES string of the molecule is Cc1cc(C)nc(SCC(=O)N(Cc2ccccc2)C(C(=O)Nc2ccc3c(c2)OCO3)C(C)C)n1. The van der Waals surface area contributed by atoms with Crippen LogP contribution in [0.3, 0.4) is 0 Å². The molecule has 2 amide bonds. The number of anilines is 1. The van der Waals surface area contributed by atoms with Gasteiger partial charge in [-0.25, -0.2) is 9.97 Å². The summed E-state index contributed by atoms with van der Waals surface area (Å²) in [5.41, 5.74) is 3.23. The monoisotopic (exact) mass is 506 g/mol. The van der Waals surface area contributed by atoms with E-state index in [4.69, 9.17) is 9.47 Å². The lowest BCUT2D eigenvalue weighted by atomic mass is 10.00. The van der Waals surface area contributed by atoms with Gasteiger partial charge in [0.15, 0.2) is 16.7 Å². The number of carbonyl (C=O) groups excluding carboxylic acids is 2. The minimum absolute atomic E-state index is 0.121. The zero-order valence-electron chi connectivity index (χ0n) is 20.9. The summed E-state index contributed by atoms with van der Waals surface area (Å²) in [6.07, 6.45) is 0. The Labute approximate surface area is 215 Å². The van der Waals surface area contributed by atoms with Gasteiger partial charge in [-0.2, -0.15) is 0 Å². The standard InChI is InChI=1S/C27H30N4O4S/c1-17(2)25(26(33)30-21-10-11-22-23(13-21)35-16-34-22)31(14-20-8-6-5-7-9-20)24(32)15-36-27-28-18(3)12-19(4)29-27/h5-13,17,25H,14-16H2,1-4H3,(H,30,33). The zero-order chi connectivity index (χ0) is 25.7. The number of aryl methyl sites for hydroxylation is 2. The fraction of sp³-hybridized carbons (Fsp3) is 0.333. The molecular weight excluding hydrogens is 476 g/mol. The van der Waals surface area contributed by atoms with Crippen LogP contribution in [0.5, 0.6) is 11.5 Å². The lowest BCUT2D eigenvalue weighted by Gasteiger charge is -2.33. The smallest absolute Gasteiger partial charge is 0.247 e. The third-order valence-corrected chi connectivity index (χ3v) is 6.51. The van der Waals surface area contributed by atoms with E-state index in [0.717, 1.165) is 17.0 Å². The molecule has 4 rings (SSSR count). The van der Waals surface area contributed by atoms with Crippen LogP contribution in [0.15, 0.2) is 59.8 Å². The molecule has 0 bridgehead atoms. The summed E-state index contributed by atoms with van der Waals surface area (Å²) in [5.74, 6) is 0.785. The van der Waals surface area contributed by atoms with E-state index >= 15 is 0 Å². The number of ether oxygens (including phenoxy) is 2. The molecule has 0 radical (unpaired) electrons. The second-order valence-corrected chi connectivity index (χ2v) is 9.92. The number of amides is 2. The number of thioether (sulfide) groups is 1. The van der Waals surface area contributed by atoms with Crippen LogP contribution in [0.25, 0.3) is 0 Å². The molecular formula is C27H30N4O4S. The summed E-state index contributed by atoms with van der Waals surface area (Å²) < 4.78 is 10.8. The van der Waals surface area contributed by atoms with Crippen molar-refractivity contribution in [1.29, 1.82) is 0 Å². The van der Waals surface area contributed by atoms with Gasteiger partial charge in [0, 0.05) is 29.7 Å². The van der Waals surface area contributed by atoms with Crippen molar-refractivity contribution in [2.45, 2.75) is 45.4 Å². The third-order valence-electron chi connectivity index (χ3n) is 5.68. The van der Waals surface area contributed by atoms with Gasteiger partial charge in [0.2, 0.25) is 18.6 Å². The zero-order valence-corrected chi connectivity index (χ0v) is 21.7. The van der Waals surface area contributed by atoms with Crippen molar-refractivity contribution in [1.82, 2.24) is 14.9 Å². The summed E-state index contributed by atoms with van der Waals surface area (Å²) in [6.45, 7) is 8.15. The van der Waals surface area contributed by atoms with E-state index in [2.05, 4.69) is 15.3 Å². The van der Waals surface area contributed by atoms with Crippen molar-refractivity contribution in [3.05, 3.63) is 71.5 Å². The van der Waals surface area contributed by atoms with E-state index in [0.29, 0.717) is 28.9 Å². The molecule has 1 aromatic heterocycles. The molecule has 1 aliphatic heterocycles. The van der Waals surface area contributed by atoms with Gasteiger partial charge in [0.05, 0.1) is 5.75 Å². The number of nitrogens with zero attached hydrogens (tertiary/aromatic N) is 3. The molecule has 8 nitrogen and oxygen atoms in total. The first-order chi connectivity index (χ1) is 17.3. The average molecular weight is 507 g/mol. The highest BCUT2D eigenvalue weighted by Crippen LogP contribution is 2.34. The Morgan fingerprint density at radius 3 is 2.39 bits per heavy atom. The van der Waals surface area contributed by atoms with Gasteiger partial charge in [-0.15, -0.1) is 0 Å². The Morgan fingerprint density at radius 1 is 1.00 bits per heavy atom. The van der Waals surface area contributed by atoms with E-state index in [1.54, 1.807) is 23.1 Å². The minimum Gasteiger partial charge on any atom is -0.454 e. The van der Waals surface area contributed by atoms with Crippen LogP contribution in [-0.2, 0) is 16.1 Å². The average Bonchev–Trinajstić information content (AvgIpc) is 3.30. The Bertz CT molecular complexity index is 1220. The molecule has 0 saturated heterocycles. The summed E-state index contributed by atoms with van der Waals surface area (Å²) in [6, 6.07) is 16.1. The first-order valence-corrected chi connectivity index (χ1v) is 12.8. The molecule has 2 heterocycles. The molecule has 0 saturated carbocycles. The van der Waals surface area contributed by atoms with E-state index in [1.807, 2.05) is 64.1 Å². The largest absolute Gasteiger partial charge is 0.454 e. The van der Waals surface area contributed by atoms with Crippen molar-refractivity contribution in [3.8, 4) is 11.5 Å². The number of benzene rings is 2. The normalized spacial score (nSPS) is 12.9. The highest BCUT2D eigenvalue weighted by atomic mass is 32.2. The third kappa shape index (κ3) is 6.34. The predicted octanol–water partition coefficient (Wildman–Crippen LogP) is 4.61. The van der Waals surface area contributed by atoms with Gasteiger partial charge in [-0.3, -0.25) is 9.59 Å². The highest BCUT2D eigenvalue weighted by Gasteiger charge is 2.33. The molecule has 1 aliphatic rings. The molecule has 36 heavy (non-hydrogen) atoms. The molecule has 1 atom stereocenters. The van der Waals surface area contributed by atoms with Crippen molar-refractivity contribution >= 4 is 29.3 Å². The van der Waals surface area contributed by atoms with Crippen LogP contribution in [0.2, 0.25) is 0 Å². The molecule has 188 valence electrons. The number of rotatable bonds is 9. The quantitative estimate of drug-likeness (QED) is 0.335. The van der Waals surface area contributed by atoms with E-state index in [1.165, 1.54) is 11.8 Å². The Morgan fingerprint density at radius 2 is 1.69 bits per heavy atom. The van der Waals surface area contributed by atoms with Crippen molar-refractivity contribution in [2.75, 3.05) is 17.9 Å². The van der Waals surface area contributed by atoms with Crippen molar-refractivity contribution < 1.29 is 19.1 Å². The summed E-state index contributed by atoms with van der Waals surface area (Å²) in [5, 5.41) is 3.51. The van der Waals surface area contributed by atoms with E-state index in [9.17, 15) is 9.59 Å². The number of aromatic nitrogens is 2. The van der Waals surface area contributed by atoms with Gasteiger partial charge in [-0.1, -0.05) is 55.9 Å². The maximum absolute atomic E-state index is 13.6. The van der Waals surface area contributed by atoms with Crippen molar-refractivity contribution in [3.63, 3.8) is 0 Å². The molecule has 9 heteroatoms. The lowest BCUT2D eigenvalue weighted by molar-refractivity contribution is -0.138. The number of nitrogens with one attached hydrogen (secondary N) is 1. The van der Waals surface area contributed by atoms with Gasteiger partial charge < -0.3 is 19.7 Å². The highest BCUT2D eigenvalue weighted by molar-refractivity contribution is 7.99. The molecule has 3 aromatic rings. The fourth-order valence-electron chi connectivity index (χ4n) is 4.08. The van der Waals surface area contributed by atoms with Crippen molar-refractivity contribution in [2.24, 2.45) is 5.92 Å². The Balaban J connectivity index is 1.56.